The van der Waals surface area contributed by atoms with Crippen LogP contribution in [0.2, 0.25) is 0 Å². The lowest BCUT2D eigenvalue weighted by molar-refractivity contribution is -0.123. The summed E-state index contributed by atoms with van der Waals surface area (Å²) in [6.45, 7) is 5.44. The van der Waals surface area contributed by atoms with E-state index in [0.29, 0.717) is 15.9 Å². The van der Waals surface area contributed by atoms with Crippen molar-refractivity contribution in [3.05, 3.63) is 46.6 Å². The van der Waals surface area contributed by atoms with Crippen LogP contribution in [-0.2, 0) is 9.53 Å². The largest absolute Gasteiger partial charge is 0.449 e. The zero-order valence-electron chi connectivity index (χ0n) is 13.1. The highest BCUT2D eigenvalue weighted by atomic mass is 79.9. The summed E-state index contributed by atoms with van der Waals surface area (Å²) in [4.78, 5) is 24.3. The number of carbonyl (C=O) groups is 2. The number of hydrogen-bond acceptors (Lipinski definition) is 4. The summed E-state index contributed by atoms with van der Waals surface area (Å²) < 4.78 is 7.52. The minimum Gasteiger partial charge on any atom is -0.449 e. The van der Waals surface area contributed by atoms with Gasteiger partial charge in [-0.2, -0.15) is 5.10 Å². The Kier molecular flexibility index (Phi) is 5.54. The van der Waals surface area contributed by atoms with Gasteiger partial charge in [0.1, 0.15) is 5.82 Å². The zero-order valence-corrected chi connectivity index (χ0v) is 14.7. The van der Waals surface area contributed by atoms with E-state index >= 15 is 0 Å². The molecule has 2 rings (SSSR count). The van der Waals surface area contributed by atoms with Gasteiger partial charge in [0.2, 0.25) is 0 Å². The lowest BCUT2D eigenvalue weighted by Gasteiger charge is -2.16. The van der Waals surface area contributed by atoms with Crippen LogP contribution in [0.25, 0.3) is 0 Å². The van der Waals surface area contributed by atoms with Gasteiger partial charge >= 0.3 is 5.97 Å². The maximum atomic E-state index is 12.2. The molecule has 0 bridgehead atoms. The van der Waals surface area contributed by atoms with Crippen LogP contribution >= 0.6 is 15.9 Å². The molecule has 122 valence electrons. The number of ether oxygens (including phenoxy) is 1. The van der Waals surface area contributed by atoms with Crippen LogP contribution in [-0.4, -0.2) is 27.8 Å². The van der Waals surface area contributed by atoms with Gasteiger partial charge in [-0.25, -0.2) is 9.48 Å². The van der Waals surface area contributed by atoms with Crippen molar-refractivity contribution in [3.8, 4) is 0 Å². The van der Waals surface area contributed by atoms with Gasteiger partial charge in [0.05, 0.1) is 11.8 Å². The molecular formula is C16H18BrN3O3. The number of benzene rings is 1. The Morgan fingerprint density at radius 1 is 1.22 bits per heavy atom. The first-order chi connectivity index (χ1) is 10.9. The van der Waals surface area contributed by atoms with Gasteiger partial charge in [-0.1, -0.05) is 12.1 Å². The predicted molar refractivity (Wildman–Crippen MR) is 90.3 cm³/mol. The average molecular weight is 380 g/mol. The lowest BCUT2D eigenvalue weighted by atomic mass is 10.2. The molecule has 0 saturated heterocycles. The van der Waals surface area contributed by atoms with Crippen molar-refractivity contribution in [1.29, 1.82) is 0 Å². The quantitative estimate of drug-likeness (QED) is 0.807. The van der Waals surface area contributed by atoms with E-state index in [4.69, 9.17) is 4.74 Å². The predicted octanol–water partition coefficient (Wildman–Crippen LogP) is 3.41. The van der Waals surface area contributed by atoms with Gasteiger partial charge < -0.3 is 10.1 Å². The third-order valence-electron chi connectivity index (χ3n) is 3.16. The van der Waals surface area contributed by atoms with E-state index in [-0.39, 0.29) is 6.04 Å². The Balaban J connectivity index is 2.01. The Bertz CT molecular complexity index is 712. The van der Waals surface area contributed by atoms with E-state index in [2.05, 4.69) is 26.3 Å². The standard InChI is InChI=1S/C16H18BrN3O3/c1-10(2)20-14(8-9-18-20)19-15(21)11(3)23-16(22)12-6-4-5-7-13(12)17/h4-11H,1-3H3,(H,19,21)/t11-/m0/s1. The van der Waals surface area contributed by atoms with Crippen LogP contribution in [0.1, 0.15) is 37.2 Å². The first kappa shape index (κ1) is 17.2. The summed E-state index contributed by atoms with van der Waals surface area (Å²) in [5, 5.41) is 6.85. The number of anilines is 1. The zero-order chi connectivity index (χ0) is 17.0. The fourth-order valence-corrected chi connectivity index (χ4v) is 2.40. The SMILES string of the molecule is CC(C)n1nccc1NC(=O)[C@H](C)OC(=O)c1ccccc1Br. The molecule has 0 radical (unpaired) electrons. The molecule has 1 heterocycles. The first-order valence-corrected chi connectivity index (χ1v) is 7.99. The van der Waals surface area contributed by atoms with Gasteiger partial charge in [0, 0.05) is 16.6 Å². The van der Waals surface area contributed by atoms with Crippen LogP contribution in [0.4, 0.5) is 5.82 Å². The molecule has 0 unspecified atom stereocenters. The molecule has 0 spiro atoms. The van der Waals surface area contributed by atoms with Gasteiger partial charge in [0.15, 0.2) is 6.10 Å². The minimum absolute atomic E-state index is 0.110. The molecule has 0 aliphatic heterocycles. The molecule has 0 saturated carbocycles. The number of aromatic nitrogens is 2. The van der Waals surface area contributed by atoms with Crippen molar-refractivity contribution in [3.63, 3.8) is 0 Å². The van der Waals surface area contributed by atoms with Gasteiger partial charge in [-0.3, -0.25) is 4.79 Å². The lowest BCUT2D eigenvalue weighted by Crippen LogP contribution is -2.31. The number of carbonyl (C=O) groups excluding carboxylic acids is 2. The van der Waals surface area contributed by atoms with Crippen molar-refractivity contribution in [2.24, 2.45) is 0 Å². The average Bonchev–Trinajstić information content (AvgIpc) is 2.95. The van der Waals surface area contributed by atoms with Crippen LogP contribution in [0, 0.1) is 0 Å². The van der Waals surface area contributed by atoms with E-state index in [1.54, 1.807) is 41.2 Å². The summed E-state index contributed by atoms with van der Waals surface area (Å²) in [5.74, 6) is -0.404. The van der Waals surface area contributed by atoms with Crippen molar-refractivity contribution in [2.45, 2.75) is 32.9 Å². The fourth-order valence-electron chi connectivity index (χ4n) is 1.96. The molecule has 0 aliphatic rings. The number of halogens is 1. The Morgan fingerprint density at radius 3 is 2.57 bits per heavy atom. The third-order valence-corrected chi connectivity index (χ3v) is 3.85. The second-order valence-corrected chi connectivity index (χ2v) is 6.13. The Labute approximate surface area is 143 Å². The first-order valence-electron chi connectivity index (χ1n) is 7.20. The monoisotopic (exact) mass is 379 g/mol. The Morgan fingerprint density at radius 2 is 1.91 bits per heavy atom. The maximum absolute atomic E-state index is 12.2. The maximum Gasteiger partial charge on any atom is 0.340 e. The second kappa shape index (κ2) is 7.41. The van der Waals surface area contributed by atoms with Crippen LogP contribution in [0.3, 0.4) is 0 Å². The van der Waals surface area contributed by atoms with Crippen molar-refractivity contribution < 1.29 is 14.3 Å². The molecular weight excluding hydrogens is 362 g/mol. The number of amides is 1. The molecule has 1 aromatic carbocycles. The molecule has 1 N–H and O–H groups in total. The van der Waals surface area contributed by atoms with Crippen LogP contribution in [0.5, 0.6) is 0 Å². The molecule has 0 aliphatic carbocycles. The number of hydrogen-bond donors (Lipinski definition) is 1. The summed E-state index contributed by atoms with van der Waals surface area (Å²) in [7, 11) is 0. The molecule has 7 heteroatoms. The van der Waals surface area contributed by atoms with Crippen LogP contribution in [0.15, 0.2) is 41.0 Å². The second-order valence-electron chi connectivity index (χ2n) is 5.27. The van der Waals surface area contributed by atoms with Gasteiger partial charge in [-0.15, -0.1) is 0 Å². The fraction of sp³-hybridized carbons (Fsp3) is 0.312. The van der Waals surface area contributed by atoms with E-state index in [1.165, 1.54) is 6.92 Å². The smallest absolute Gasteiger partial charge is 0.340 e. The van der Waals surface area contributed by atoms with E-state index in [9.17, 15) is 9.59 Å². The molecule has 1 aromatic heterocycles. The highest BCUT2D eigenvalue weighted by Crippen LogP contribution is 2.18. The summed E-state index contributed by atoms with van der Waals surface area (Å²) in [6.07, 6.45) is 0.679. The molecule has 6 nitrogen and oxygen atoms in total. The topological polar surface area (TPSA) is 73.2 Å². The Hall–Kier alpha value is -2.15. The normalized spacial score (nSPS) is 12.0. The number of rotatable bonds is 5. The van der Waals surface area contributed by atoms with Gasteiger partial charge in [-0.05, 0) is 48.8 Å². The van der Waals surface area contributed by atoms with E-state index < -0.39 is 18.0 Å². The molecule has 1 amide bonds. The van der Waals surface area contributed by atoms with Crippen molar-refractivity contribution in [2.75, 3.05) is 5.32 Å². The molecule has 2 aromatic rings. The van der Waals surface area contributed by atoms with Crippen molar-refractivity contribution in [1.82, 2.24) is 9.78 Å². The van der Waals surface area contributed by atoms with Crippen molar-refractivity contribution >= 4 is 33.6 Å². The number of nitrogens with one attached hydrogen (secondary N) is 1. The molecule has 1 atom stereocenters. The van der Waals surface area contributed by atoms with E-state index in [0.717, 1.165) is 0 Å². The van der Waals surface area contributed by atoms with E-state index in [1.807, 2.05) is 13.8 Å². The summed E-state index contributed by atoms with van der Waals surface area (Å²) >= 11 is 3.28. The number of esters is 1. The van der Waals surface area contributed by atoms with Crippen LogP contribution < -0.4 is 5.32 Å². The molecule has 23 heavy (non-hydrogen) atoms. The third kappa shape index (κ3) is 4.19. The minimum atomic E-state index is -0.926. The van der Waals surface area contributed by atoms with Gasteiger partial charge in [0.25, 0.3) is 5.91 Å². The number of nitrogens with zero attached hydrogens (tertiary/aromatic N) is 2. The summed E-state index contributed by atoms with van der Waals surface area (Å²) in [5.41, 5.74) is 0.374. The highest BCUT2D eigenvalue weighted by molar-refractivity contribution is 9.10. The molecule has 0 fully saturated rings. The highest BCUT2D eigenvalue weighted by Gasteiger charge is 2.21. The summed E-state index contributed by atoms with van der Waals surface area (Å²) in [6, 6.07) is 8.70.